The van der Waals surface area contributed by atoms with Crippen molar-refractivity contribution in [1.29, 1.82) is 0 Å². The summed E-state index contributed by atoms with van der Waals surface area (Å²) >= 11 is 0. The maximum atomic E-state index is 12.3. The minimum atomic E-state index is -4.17. The molecule has 0 aliphatic rings. The van der Waals surface area contributed by atoms with Crippen LogP contribution in [0.5, 0.6) is 5.75 Å². The van der Waals surface area contributed by atoms with E-state index in [-0.39, 0.29) is 28.4 Å². The predicted molar refractivity (Wildman–Crippen MR) is 88.4 cm³/mol. The van der Waals surface area contributed by atoms with Crippen LogP contribution in [0.3, 0.4) is 0 Å². The van der Waals surface area contributed by atoms with Crippen LogP contribution in [0.4, 0.5) is 0 Å². The fourth-order valence-electron chi connectivity index (χ4n) is 1.98. The molecule has 0 fully saturated rings. The van der Waals surface area contributed by atoms with Crippen LogP contribution in [0.1, 0.15) is 33.2 Å². The van der Waals surface area contributed by atoms with E-state index in [1.54, 1.807) is 26.0 Å². The van der Waals surface area contributed by atoms with Gasteiger partial charge in [-0.15, -0.1) is 0 Å². The van der Waals surface area contributed by atoms with Crippen molar-refractivity contribution >= 4 is 22.1 Å². The van der Waals surface area contributed by atoms with E-state index in [0.717, 1.165) is 23.8 Å². The topological polar surface area (TPSA) is 107 Å². The molecule has 1 N–H and O–H groups in total. The number of aryl methyl sites for hydroxylation is 1. The molecule has 0 saturated carbocycles. The fraction of sp³-hybridized carbons (Fsp3) is 0.176. The van der Waals surface area contributed by atoms with Gasteiger partial charge in [-0.25, -0.2) is 9.59 Å². The van der Waals surface area contributed by atoms with Crippen molar-refractivity contribution in [3.05, 3.63) is 59.2 Å². The second kappa shape index (κ2) is 7.35. The van der Waals surface area contributed by atoms with Gasteiger partial charge in [0.25, 0.3) is 0 Å². The molecule has 0 heterocycles. The molecule has 0 spiro atoms. The summed E-state index contributed by atoms with van der Waals surface area (Å²) in [5.41, 5.74) is 0.465. The van der Waals surface area contributed by atoms with Crippen molar-refractivity contribution < 1.29 is 32.0 Å². The van der Waals surface area contributed by atoms with Gasteiger partial charge >= 0.3 is 22.1 Å². The number of rotatable bonds is 6. The number of carboxylic acid groups (broad SMARTS) is 1. The zero-order valence-corrected chi connectivity index (χ0v) is 14.4. The monoisotopic (exact) mass is 364 g/mol. The molecule has 0 radical (unpaired) electrons. The number of carbonyl (C=O) groups is 2. The normalized spacial score (nSPS) is 11.0. The van der Waals surface area contributed by atoms with Gasteiger partial charge in [-0.05, 0) is 44.2 Å². The highest BCUT2D eigenvalue weighted by molar-refractivity contribution is 7.87. The van der Waals surface area contributed by atoms with Gasteiger partial charge in [0.15, 0.2) is 0 Å². The number of ether oxygens (including phenoxy) is 1. The Bertz CT molecular complexity index is 899. The van der Waals surface area contributed by atoms with Crippen LogP contribution < -0.4 is 4.18 Å². The molecule has 2 aromatic carbocycles. The first-order valence-electron chi connectivity index (χ1n) is 7.29. The van der Waals surface area contributed by atoms with Crippen LogP contribution in [-0.4, -0.2) is 32.1 Å². The van der Waals surface area contributed by atoms with Crippen molar-refractivity contribution in [3.63, 3.8) is 0 Å². The number of carboxylic acids is 1. The Kier molecular flexibility index (Phi) is 5.43. The van der Waals surface area contributed by atoms with Gasteiger partial charge in [0.1, 0.15) is 10.6 Å². The number of aromatic carboxylic acids is 1. The molecule has 2 rings (SSSR count). The minimum absolute atomic E-state index is 0.0866. The van der Waals surface area contributed by atoms with Gasteiger partial charge in [0.05, 0.1) is 17.7 Å². The van der Waals surface area contributed by atoms with Crippen molar-refractivity contribution in [3.8, 4) is 5.75 Å². The largest absolute Gasteiger partial charge is 0.478 e. The van der Waals surface area contributed by atoms with E-state index < -0.39 is 22.1 Å². The highest BCUT2D eigenvalue weighted by Crippen LogP contribution is 2.23. The first-order chi connectivity index (χ1) is 11.7. The number of benzene rings is 2. The molecule has 132 valence electrons. The standard InChI is InChI=1S/C17H16O7S/c1-3-23-17(20)13-8-12(16(18)19)9-14(10-13)24-25(21,22)15-6-4-11(2)5-7-15/h4-10H,3H2,1-2H3,(H,18,19). The summed E-state index contributed by atoms with van der Waals surface area (Å²) < 4.78 is 34.4. The molecule has 0 aliphatic heterocycles. The van der Waals surface area contributed by atoms with Crippen LogP contribution in [0.2, 0.25) is 0 Å². The Labute approximate surface area is 144 Å². The van der Waals surface area contributed by atoms with E-state index in [1.165, 1.54) is 12.1 Å². The third-order valence-electron chi connectivity index (χ3n) is 3.18. The van der Waals surface area contributed by atoms with Crippen LogP contribution in [0.25, 0.3) is 0 Å². The van der Waals surface area contributed by atoms with Crippen molar-refractivity contribution in [2.45, 2.75) is 18.7 Å². The summed E-state index contributed by atoms with van der Waals surface area (Å²) in [5, 5.41) is 9.13. The number of carbonyl (C=O) groups excluding carboxylic acids is 1. The first-order valence-corrected chi connectivity index (χ1v) is 8.70. The zero-order valence-electron chi connectivity index (χ0n) is 13.6. The Morgan fingerprint density at radius 2 is 1.64 bits per heavy atom. The second-order valence-corrected chi connectivity index (χ2v) is 6.67. The molecule has 2 aromatic rings. The molecule has 7 nitrogen and oxygen atoms in total. The van der Waals surface area contributed by atoms with E-state index in [2.05, 4.69) is 0 Å². The molecule has 0 saturated heterocycles. The lowest BCUT2D eigenvalue weighted by molar-refractivity contribution is 0.0526. The van der Waals surface area contributed by atoms with Gasteiger partial charge in [0, 0.05) is 0 Å². The van der Waals surface area contributed by atoms with Crippen LogP contribution in [-0.2, 0) is 14.9 Å². The smallest absolute Gasteiger partial charge is 0.339 e. The Balaban J connectivity index is 2.42. The summed E-state index contributed by atoms with van der Waals surface area (Å²) in [6.07, 6.45) is 0. The average molecular weight is 364 g/mol. The van der Waals surface area contributed by atoms with Crippen LogP contribution in [0.15, 0.2) is 47.4 Å². The minimum Gasteiger partial charge on any atom is -0.478 e. The maximum absolute atomic E-state index is 12.3. The SMILES string of the molecule is CCOC(=O)c1cc(OS(=O)(=O)c2ccc(C)cc2)cc(C(=O)O)c1. The van der Waals surface area contributed by atoms with Gasteiger partial charge in [0.2, 0.25) is 0 Å². The molecule has 0 aliphatic carbocycles. The maximum Gasteiger partial charge on any atom is 0.339 e. The first kappa shape index (κ1) is 18.5. The summed E-state index contributed by atoms with van der Waals surface area (Å²) in [4.78, 5) is 22.9. The number of hydrogen-bond acceptors (Lipinski definition) is 6. The average Bonchev–Trinajstić information content (AvgIpc) is 2.54. The lowest BCUT2D eigenvalue weighted by Crippen LogP contribution is -2.12. The van der Waals surface area contributed by atoms with Crippen molar-refractivity contribution in [1.82, 2.24) is 0 Å². The second-order valence-electron chi connectivity index (χ2n) is 5.12. The highest BCUT2D eigenvalue weighted by Gasteiger charge is 2.20. The van der Waals surface area contributed by atoms with E-state index >= 15 is 0 Å². The van der Waals surface area contributed by atoms with E-state index in [0.29, 0.717) is 0 Å². The van der Waals surface area contributed by atoms with E-state index in [1.807, 2.05) is 0 Å². The molecule has 8 heteroatoms. The van der Waals surface area contributed by atoms with Gasteiger partial charge in [-0.3, -0.25) is 0 Å². The lowest BCUT2D eigenvalue weighted by Gasteiger charge is -2.10. The van der Waals surface area contributed by atoms with Crippen molar-refractivity contribution in [2.24, 2.45) is 0 Å². The van der Waals surface area contributed by atoms with Gasteiger partial charge < -0.3 is 14.0 Å². The number of esters is 1. The molecule has 25 heavy (non-hydrogen) atoms. The quantitative estimate of drug-likeness (QED) is 0.620. The summed E-state index contributed by atoms with van der Waals surface area (Å²) in [7, 11) is -4.17. The molecular formula is C17H16O7S. The molecule has 0 bridgehead atoms. The molecule has 0 aromatic heterocycles. The van der Waals surface area contributed by atoms with E-state index in [4.69, 9.17) is 14.0 Å². The molecule has 0 atom stereocenters. The molecular weight excluding hydrogens is 348 g/mol. The summed E-state index contributed by atoms with van der Waals surface area (Å²) in [6.45, 7) is 3.49. The zero-order chi connectivity index (χ0) is 18.6. The Morgan fingerprint density at radius 1 is 1.04 bits per heavy atom. The summed E-state index contributed by atoms with van der Waals surface area (Å²) in [6, 6.07) is 9.19. The van der Waals surface area contributed by atoms with Gasteiger partial charge in [-0.1, -0.05) is 17.7 Å². The molecule has 0 unspecified atom stereocenters. The Hall–Kier alpha value is -2.87. The summed E-state index contributed by atoms with van der Waals surface area (Å²) in [5.74, 6) is -2.39. The highest BCUT2D eigenvalue weighted by atomic mass is 32.2. The van der Waals surface area contributed by atoms with Crippen LogP contribution >= 0.6 is 0 Å². The fourth-order valence-corrected chi connectivity index (χ4v) is 2.90. The van der Waals surface area contributed by atoms with E-state index in [9.17, 15) is 18.0 Å². The third kappa shape index (κ3) is 4.57. The number of hydrogen-bond donors (Lipinski definition) is 1. The van der Waals surface area contributed by atoms with Crippen molar-refractivity contribution in [2.75, 3.05) is 6.61 Å². The predicted octanol–water partition coefficient (Wildman–Crippen LogP) is 2.64. The Morgan fingerprint density at radius 3 is 2.20 bits per heavy atom. The van der Waals surface area contributed by atoms with Crippen LogP contribution in [0, 0.1) is 6.92 Å². The molecule has 0 amide bonds. The van der Waals surface area contributed by atoms with Gasteiger partial charge in [-0.2, -0.15) is 8.42 Å². The third-order valence-corrected chi connectivity index (χ3v) is 4.44. The lowest BCUT2D eigenvalue weighted by atomic mass is 10.1.